The van der Waals surface area contributed by atoms with Crippen molar-refractivity contribution in [1.29, 1.82) is 0 Å². The number of rotatable bonds is 5. The van der Waals surface area contributed by atoms with Crippen LogP contribution in [0.25, 0.3) is 0 Å². The van der Waals surface area contributed by atoms with Crippen LogP contribution in [0.2, 0.25) is 0 Å². The maximum atomic E-state index is 13.2. The quantitative estimate of drug-likeness (QED) is 0.871. The van der Waals surface area contributed by atoms with Crippen LogP contribution in [0.5, 0.6) is 11.5 Å². The normalized spacial score (nSPS) is 10.3. The predicted octanol–water partition coefficient (Wildman–Crippen LogP) is 3.85. The van der Waals surface area contributed by atoms with Crippen molar-refractivity contribution in [2.24, 2.45) is 0 Å². The van der Waals surface area contributed by atoms with Gasteiger partial charge in [-0.1, -0.05) is 0 Å². The van der Waals surface area contributed by atoms with Crippen LogP contribution in [0.4, 0.5) is 10.1 Å². The number of anilines is 1. The van der Waals surface area contributed by atoms with E-state index in [1.54, 1.807) is 6.07 Å². The Kier molecular flexibility index (Phi) is 4.45. The number of hydrogen-bond donors (Lipinski definition) is 2. The van der Waals surface area contributed by atoms with Crippen molar-refractivity contribution in [2.45, 2.75) is 20.4 Å². The van der Waals surface area contributed by atoms with E-state index in [2.05, 4.69) is 5.32 Å². The number of phenols is 1. The minimum Gasteiger partial charge on any atom is -0.508 e. The highest BCUT2D eigenvalue weighted by Gasteiger charge is 2.03. The molecule has 0 aliphatic rings. The monoisotopic (exact) mass is 275 g/mol. The summed E-state index contributed by atoms with van der Waals surface area (Å²) in [5.41, 5.74) is 2.70. The van der Waals surface area contributed by atoms with Crippen LogP contribution in [0, 0.1) is 12.7 Å². The van der Waals surface area contributed by atoms with E-state index in [1.807, 2.05) is 32.0 Å². The predicted molar refractivity (Wildman–Crippen MR) is 77.7 cm³/mol. The van der Waals surface area contributed by atoms with Crippen LogP contribution < -0.4 is 10.1 Å². The van der Waals surface area contributed by atoms with Crippen molar-refractivity contribution < 1.29 is 14.2 Å². The van der Waals surface area contributed by atoms with Gasteiger partial charge in [-0.25, -0.2) is 4.39 Å². The first-order chi connectivity index (χ1) is 9.58. The van der Waals surface area contributed by atoms with Gasteiger partial charge in [-0.3, -0.25) is 0 Å². The van der Waals surface area contributed by atoms with E-state index in [0.29, 0.717) is 18.7 Å². The van der Waals surface area contributed by atoms with Crippen LogP contribution in [-0.4, -0.2) is 11.7 Å². The molecule has 0 radical (unpaired) electrons. The zero-order valence-corrected chi connectivity index (χ0v) is 11.6. The van der Waals surface area contributed by atoms with Crippen LogP contribution in [-0.2, 0) is 6.54 Å². The zero-order chi connectivity index (χ0) is 14.5. The van der Waals surface area contributed by atoms with Crippen LogP contribution in [0.15, 0.2) is 36.4 Å². The molecule has 0 aliphatic heterocycles. The van der Waals surface area contributed by atoms with E-state index < -0.39 is 5.82 Å². The lowest BCUT2D eigenvalue weighted by Crippen LogP contribution is -2.02. The highest BCUT2D eigenvalue weighted by molar-refractivity contribution is 5.54. The van der Waals surface area contributed by atoms with Gasteiger partial charge in [0.2, 0.25) is 0 Å². The van der Waals surface area contributed by atoms with Gasteiger partial charge in [0.25, 0.3) is 0 Å². The van der Waals surface area contributed by atoms with Gasteiger partial charge in [-0.15, -0.1) is 0 Å². The second-order valence-corrected chi connectivity index (χ2v) is 4.58. The summed E-state index contributed by atoms with van der Waals surface area (Å²) < 4.78 is 18.6. The Labute approximate surface area is 118 Å². The van der Waals surface area contributed by atoms with Crippen molar-refractivity contribution in [3.63, 3.8) is 0 Å². The summed E-state index contributed by atoms with van der Waals surface area (Å²) in [6.45, 7) is 5.00. The second-order valence-electron chi connectivity index (χ2n) is 4.58. The molecule has 2 N–H and O–H groups in total. The van der Waals surface area contributed by atoms with Crippen LogP contribution >= 0.6 is 0 Å². The van der Waals surface area contributed by atoms with Crippen LogP contribution in [0.1, 0.15) is 18.1 Å². The molecule has 2 aromatic carbocycles. The van der Waals surface area contributed by atoms with Crippen molar-refractivity contribution in [1.82, 2.24) is 0 Å². The maximum absolute atomic E-state index is 13.2. The number of benzene rings is 2. The molecule has 20 heavy (non-hydrogen) atoms. The molecule has 0 spiro atoms. The van der Waals surface area contributed by atoms with Crippen molar-refractivity contribution in [3.8, 4) is 11.5 Å². The Morgan fingerprint density at radius 3 is 2.65 bits per heavy atom. The third-order valence-electron chi connectivity index (χ3n) is 2.93. The molecule has 0 heterocycles. The Balaban J connectivity index is 2.06. The van der Waals surface area contributed by atoms with Crippen molar-refractivity contribution in [3.05, 3.63) is 53.3 Å². The second kappa shape index (κ2) is 6.28. The summed E-state index contributed by atoms with van der Waals surface area (Å²) in [5, 5.41) is 12.6. The molecular weight excluding hydrogens is 257 g/mol. The Hall–Kier alpha value is -2.23. The lowest BCUT2D eigenvalue weighted by molar-refractivity contribution is 0.340. The first-order valence-electron chi connectivity index (χ1n) is 6.54. The number of halogens is 1. The molecule has 0 atom stereocenters. The van der Waals surface area contributed by atoms with Gasteiger partial charge in [0.15, 0.2) is 0 Å². The molecule has 2 aromatic rings. The molecular formula is C16H18FNO2. The SMILES string of the molecule is CCOc1ccc(NCc2cc(O)cc(F)c2)c(C)c1. The smallest absolute Gasteiger partial charge is 0.127 e. The molecule has 106 valence electrons. The lowest BCUT2D eigenvalue weighted by Gasteiger charge is -2.12. The van der Waals surface area contributed by atoms with Gasteiger partial charge in [0.1, 0.15) is 17.3 Å². The fraction of sp³-hybridized carbons (Fsp3) is 0.250. The fourth-order valence-corrected chi connectivity index (χ4v) is 2.02. The molecule has 0 saturated carbocycles. The van der Waals surface area contributed by atoms with Gasteiger partial charge in [-0.05, 0) is 55.3 Å². The van der Waals surface area contributed by atoms with E-state index in [9.17, 15) is 9.50 Å². The minimum atomic E-state index is -0.440. The molecule has 4 heteroatoms. The number of hydrogen-bond acceptors (Lipinski definition) is 3. The van der Waals surface area contributed by atoms with Crippen molar-refractivity contribution >= 4 is 5.69 Å². The average Bonchev–Trinajstić information content (AvgIpc) is 2.37. The number of phenolic OH excluding ortho intramolecular Hbond substituents is 1. The molecule has 0 fully saturated rings. The topological polar surface area (TPSA) is 41.5 Å². The fourth-order valence-electron chi connectivity index (χ4n) is 2.02. The minimum absolute atomic E-state index is 0.0646. The summed E-state index contributed by atoms with van der Waals surface area (Å²) in [7, 11) is 0. The molecule has 0 amide bonds. The molecule has 2 rings (SSSR count). The molecule has 0 unspecified atom stereocenters. The Morgan fingerprint density at radius 1 is 1.20 bits per heavy atom. The molecule has 3 nitrogen and oxygen atoms in total. The highest BCUT2D eigenvalue weighted by atomic mass is 19.1. The molecule has 0 aliphatic carbocycles. The van der Waals surface area contributed by atoms with Gasteiger partial charge in [-0.2, -0.15) is 0 Å². The third kappa shape index (κ3) is 3.63. The number of ether oxygens (including phenoxy) is 1. The maximum Gasteiger partial charge on any atom is 0.127 e. The van der Waals surface area contributed by atoms with Crippen molar-refractivity contribution in [2.75, 3.05) is 11.9 Å². The summed E-state index contributed by atoms with van der Waals surface area (Å²) in [6, 6.07) is 9.80. The summed E-state index contributed by atoms with van der Waals surface area (Å²) >= 11 is 0. The Bertz CT molecular complexity index is 579. The number of aryl methyl sites for hydroxylation is 1. The first-order valence-corrected chi connectivity index (χ1v) is 6.54. The number of aromatic hydroxyl groups is 1. The molecule has 0 bridgehead atoms. The zero-order valence-electron chi connectivity index (χ0n) is 11.6. The number of nitrogens with one attached hydrogen (secondary N) is 1. The molecule has 0 aromatic heterocycles. The van der Waals surface area contributed by atoms with E-state index in [4.69, 9.17) is 4.74 Å². The highest BCUT2D eigenvalue weighted by Crippen LogP contribution is 2.22. The summed E-state index contributed by atoms with van der Waals surface area (Å²) in [6.07, 6.45) is 0. The van der Waals surface area contributed by atoms with Gasteiger partial charge in [0, 0.05) is 18.3 Å². The van der Waals surface area contributed by atoms with E-state index in [-0.39, 0.29) is 5.75 Å². The summed E-state index contributed by atoms with van der Waals surface area (Å²) in [4.78, 5) is 0. The van der Waals surface area contributed by atoms with Gasteiger partial charge >= 0.3 is 0 Å². The third-order valence-corrected chi connectivity index (χ3v) is 2.93. The standard InChI is InChI=1S/C16H18FNO2/c1-3-20-15-4-5-16(11(2)6-15)18-10-12-7-13(17)9-14(19)8-12/h4-9,18-19H,3,10H2,1-2H3. The first kappa shape index (κ1) is 14.2. The molecule has 0 saturated heterocycles. The van der Waals surface area contributed by atoms with Gasteiger partial charge in [0.05, 0.1) is 6.61 Å². The average molecular weight is 275 g/mol. The lowest BCUT2D eigenvalue weighted by atomic mass is 10.1. The van der Waals surface area contributed by atoms with E-state index in [0.717, 1.165) is 23.1 Å². The van der Waals surface area contributed by atoms with E-state index >= 15 is 0 Å². The largest absolute Gasteiger partial charge is 0.508 e. The summed E-state index contributed by atoms with van der Waals surface area (Å²) in [5.74, 6) is 0.328. The van der Waals surface area contributed by atoms with Gasteiger partial charge < -0.3 is 15.2 Å². The van der Waals surface area contributed by atoms with Crippen LogP contribution in [0.3, 0.4) is 0 Å². The Morgan fingerprint density at radius 2 is 2.00 bits per heavy atom. The van der Waals surface area contributed by atoms with E-state index in [1.165, 1.54) is 6.07 Å².